The molecule has 1 aromatic rings. The highest BCUT2D eigenvalue weighted by Crippen LogP contribution is 2.40. The molecule has 0 aliphatic rings. The Labute approximate surface area is 97.0 Å². The van der Waals surface area contributed by atoms with Gasteiger partial charge in [-0.15, -0.1) is 11.6 Å². The summed E-state index contributed by atoms with van der Waals surface area (Å²) in [5, 5.41) is 0. The van der Waals surface area contributed by atoms with E-state index in [4.69, 9.17) is 11.6 Å². The normalized spacial score (nSPS) is 11.8. The van der Waals surface area contributed by atoms with Crippen LogP contribution in [0.4, 0.5) is 13.2 Å². The summed E-state index contributed by atoms with van der Waals surface area (Å²) >= 11 is 8.45. The second-order valence-electron chi connectivity index (χ2n) is 2.45. The molecule has 0 heterocycles. The van der Waals surface area contributed by atoms with Crippen molar-refractivity contribution in [2.75, 3.05) is 0 Å². The van der Waals surface area contributed by atoms with Crippen molar-refractivity contribution in [3.63, 3.8) is 0 Å². The van der Waals surface area contributed by atoms with E-state index in [0.717, 1.165) is 5.56 Å². The summed E-state index contributed by atoms with van der Waals surface area (Å²) < 4.78 is 36.5. The molecule has 14 heavy (non-hydrogen) atoms. The summed E-state index contributed by atoms with van der Waals surface area (Å²) in [6.07, 6.45) is 0. The Morgan fingerprint density at radius 2 is 2.00 bits per heavy atom. The standard InChI is InChI=1S/C8H5BrClF3S/c9-6-3-5(4-10)1-2-7(6)14-8(11,12)13/h1-3H,4H2. The lowest BCUT2D eigenvalue weighted by Crippen LogP contribution is -1.99. The molecule has 0 atom stereocenters. The Bertz CT molecular complexity index is 327. The Morgan fingerprint density at radius 3 is 2.43 bits per heavy atom. The SMILES string of the molecule is FC(F)(F)Sc1ccc(CCl)cc1Br. The first-order chi connectivity index (χ1) is 6.42. The lowest BCUT2D eigenvalue weighted by molar-refractivity contribution is -0.0328. The van der Waals surface area contributed by atoms with Crippen molar-refractivity contribution in [1.82, 2.24) is 0 Å². The van der Waals surface area contributed by atoms with E-state index in [9.17, 15) is 13.2 Å². The van der Waals surface area contributed by atoms with E-state index in [1.54, 1.807) is 12.1 Å². The molecule has 0 bridgehead atoms. The van der Waals surface area contributed by atoms with Gasteiger partial charge in [-0.3, -0.25) is 0 Å². The van der Waals surface area contributed by atoms with Crippen molar-refractivity contribution in [3.8, 4) is 0 Å². The topological polar surface area (TPSA) is 0 Å². The second-order valence-corrected chi connectivity index (χ2v) is 4.67. The number of alkyl halides is 4. The van der Waals surface area contributed by atoms with Crippen molar-refractivity contribution in [1.29, 1.82) is 0 Å². The monoisotopic (exact) mass is 304 g/mol. The van der Waals surface area contributed by atoms with E-state index >= 15 is 0 Å². The maximum Gasteiger partial charge on any atom is 0.446 e. The fourth-order valence-electron chi connectivity index (χ4n) is 0.835. The maximum atomic E-state index is 12.0. The quantitative estimate of drug-likeness (QED) is 0.558. The largest absolute Gasteiger partial charge is 0.446 e. The van der Waals surface area contributed by atoms with Crippen LogP contribution in [0.2, 0.25) is 0 Å². The molecule has 0 saturated heterocycles. The van der Waals surface area contributed by atoms with Gasteiger partial charge in [0.25, 0.3) is 0 Å². The van der Waals surface area contributed by atoms with Gasteiger partial charge in [-0.25, -0.2) is 0 Å². The van der Waals surface area contributed by atoms with Crippen LogP contribution in [-0.4, -0.2) is 5.51 Å². The van der Waals surface area contributed by atoms with E-state index in [0.29, 0.717) is 4.47 Å². The van der Waals surface area contributed by atoms with Crippen LogP contribution in [0.3, 0.4) is 0 Å². The Kier molecular flexibility index (Phi) is 4.15. The minimum atomic E-state index is -4.26. The molecule has 0 N–H and O–H groups in total. The highest BCUT2D eigenvalue weighted by molar-refractivity contribution is 9.10. The highest BCUT2D eigenvalue weighted by atomic mass is 79.9. The molecule has 0 amide bonds. The summed E-state index contributed by atoms with van der Waals surface area (Å²) in [7, 11) is 0. The van der Waals surface area contributed by atoms with Crippen molar-refractivity contribution in [2.45, 2.75) is 16.3 Å². The zero-order valence-electron chi connectivity index (χ0n) is 6.74. The summed E-state index contributed by atoms with van der Waals surface area (Å²) in [5.74, 6) is 0.287. The number of benzene rings is 1. The number of hydrogen-bond acceptors (Lipinski definition) is 1. The zero-order chi connectivity index (χ0) is 10.8. The van der Waals surface area contributed by atoms with Crippen LogP contribution in [0.25, 0.3) is 0 Å². The molecule has 78 valence electrons. The van der Waals surface area contributed by atoms with Gasteiger partial charge in [0.05, 0.1) is 0 Å². The third-order valence-electron chi connectivity index (χ3n) is 1.38. The van der Waals surface area contributed by atoms with Crippen LogP contribution in [0.15, 0.2) is 27.6 Å². The molecule has 0 nitrogen and oxygen atoms in total. The lowest BCUT2D eigenvalue weighted by Gasteiger charge is -2.08. The van der Waals surface area contributed by atoms with Gasteiger partial charge in [0.15, 0.2) is 0 Å². The molecule has 0 spiro atoms. The van der Waals surface area contributed by atoms with Crippen molar-refractivity contribution >= 4 is 39.3 Å². The van der Waals surface area contributed by atoms with Gasteiger partial charge < -0.3 is 0 Å². The predicted octanol–water partition coefficient (Wildman–Crippen LogP) is 4.80. The maximum absolute atomic E-state index is 12.0. The van der Waals surface area contributed by atoms with Gasteiger partial charge in [0, 0.05) is 15.2 Å². The summed E-state index contributed by atoms with van der Waals surface area (Å²) in [4.78, 5) is 0.145. The van der Waals surface area contributed by atoms with E-state index in [-0.39, 0.29) is 22.5 Å². The number of hydrogen-bond donors (Lipinski definition) is 0. The average molecular weight is 306 g/mol. The van der Waals surface area contributed by atoms with Gasteiger partial charge in [-0.2, -0.15) is 13.2 Å². The highest BCUT2D eigenvalue weighted by Gasteiger charge is 2.30. The van der Waals surface area contributed by atoms with Crippen LogP contribution in [0.1, 0.15) is 5.56 Å². The molecule has 6 heteroatoms. The lowest BCUT2D eigenvalue weighted by atomic mass is 10.2. The number of thioether (sulfide) groups is 1. The minimum absolute atomic E-state index is 0.143. The first-order valence-corrected chi connectivity index (χ1v) is 5.67. The van der Waals surface area contributed by atoms with Crippen LogP contribution < -0.4 is 0 Å². The van der Waals surface area contributed by atoms with Crippen LogP contribution in [0.5, 0.6) is 0 Å². The average Bonchev–Trinajstić information content (AvgIpc) is 2.06. The van der Waals surface area contributed by atoms with Gasteiger partial charge in [0.1, 0.15) is 0 Å². The predicted molar refractivity (Wildman–Crippen MR) is 55.6 cm³/mol. The van der Waals surface area contributed by atoms with Crippen molar-refractivity contribution in [3.05, 3.63) is 28.2 Å². The fraction of sp³-hybridized carbons (Fsp3) is 0.250. The molecule has 0 unspecified atom stereocenters. The molecule has 0 saturated carbocycles. The van der Waals surface area contributed by atoms with E-state index in [1.807, 2.05) is 0 Å². The fourth-order valence-corrected chi connectivity index (χ4v) is 2.21. The van der Waals surface area contributed by atoms with Crippen LogP contribution in [-0.2, 0) is 5.88 Å². The van der Waals surface area contributed by atoms with Gasteiger partial charge >= 0.3 is 5.51 Å². The zero-order valence-corrected chi connectivity index (χ0v) is 9.90. The second kappa shape index (κ2) is 4.77. The molecule has 0 fully saturated rings. The first-order valence-electron chi connectivity index (χ1n) is 3.52. The van der Waals surface area contributed by atoms with Gasteiger partial charge in [-0.05, 0) is 45.4 Å². The van der Waals surface area contributed by atoms with E-state index in [2.05, 4.69) is 15.9 Å². The van der Waals surface area contributed by atoms with Crippen LogP contribution >= 0.6 is 39.3 Å². The third kappa shape index (κ3) is 3.71. The molecular weight excluding hydrogens is 301 g/mol. The van der Waals surface area contributed by atoms with Crippen molar-refractivity contribution < 1.29 is 13.2 Å². The number of rotatable bonds is 2. The van der Waals surface area contributed by atoms with Gasteiger partial charge in [-0.1, -0.05) is 6.07 Å². The Hall–Kier alpha value is 0.130. The molecule has 0 aromatic heterocycles. The third-order valence-corrected chi connectivity index (χ3v) is 3.41. The molecule has 1 aromatic carbocycles. The van der Waals surface area contributed by atoms with E-state index < -0.39 is 5.51 Å². The molecule has 0 aliphatic carbocycles. The summed E-state index contributed by atoms with van der Waals surface area (Å²) in [6.45, 7) is 0. The summed E-state index contributed by atoms with van der Waals surface area (Å²) in [6, 6.07) is 4.56. The van der Waals surface area contributed by atoms with E-state index in [1.165, 1.54) is 6.07 Å². The Balaban J connectivity index is 2.89. The smallest absolute Gasteiger partial charge is 0.160 e. The minimum Gasteiger partial charge on any atom is -0.160 e. The molecule has 0 radical (unpaired) electrons. The molecule has 0 aliphatic heterocycles. The van der Waals surface area contributed by atoms with Crippen molar-refractivity contribution in [2.24, 2.45) is 0 Å². The number of halogens is 5. The summed E-state index contributed by atoms with van der Waals surface area (Å²) in [5.41, 5.74) is -3.48. The molecule has 1 rings (SSSR count). The molecular formula is C8H5BrClF3S. The van der Waals surface area contributed by atoms with Crippen LogP contribution in [0, 0.1) is 0 Å². The van der Waals surface area contributed by atoms with Gasteiger partial charge in [0.2, 0.25) is 0 Å². The first kappa shape index (κ1) is 12.2. The Morgan fingerprint density at radius 1 is 1.36 bits per heavy atom.